The quantitative estimate of drug-likeness (QED) is 0.472. The fourth-order valence-electron chi connectivity index (χ4n) is 4.16. The lowest BCUT2D eigenvalue weighted by molar-refractivity contribution is 0.0154. The van der Waals surface area contributed by atoms with Gasteiger partial charge in [0.2, 0.25) is 0 Å². The number of thiazole rings is 1. The molecule has 3 heterocycles. The first kappa shape index (κ1) is 28.0. The van der Waals surface area contributed by atoms with Crippen LogP contribution in [0.1, 0.15) is 84.7 Å². The maximum absolute atomic E-state index is 6.18. The van der Waals surface area contributed by atoms with E-state index < -0.39 is 0 Å². The number of rotatable bonds is 7. The summed E-state index contributed by atoms with van der Waals surface area (Å²) in [6.07, 6.45) is 10.8. The topological polar surface area (TPSA) is 35.0 Å². The average molecular weight is 455 g/mol. The Labute approximate surface area is 199 Å². The van der Waals surface area contributed by atoms with Crippen molar-refractivity contribution >= 4 is 23.5 Å². The van der Waals surface area contributed by atoms with Gasteiger partial charge in [-0.2, -0.15) is 0 Å². The number of aryl methyl sites for hydroxylation is 1. The van der Waals surface area contributed by atoms with Crippen molar-refractivity contribution in [3.63, 3.8) is 0 Å². The number of nitrogens with zero attached hydrogens (tertiary/aromatic N) is 2. The van der Waals surface area contributed by atoms with Gasteiger partial charge in [0.1, 0.15) is 0 Å². The van der Waals surface area contributed by atoms with Gasteiger partial charge in [0, 0.05) is 12.4 Å². The lowest BCUT2D eigenvalue weighted by Gasteiger charge is -2.28. The second-order valence-corrected chi connectivity index (χ2v) is 8.33. The molecule has 0 radical (unpaired) electrons. The van der Waals surface area contributed by atoms with E-state index in [4.69, 9.17) is 9.72 Å². The van der Waals surface area contributed by atoms with Crippen LogP contribution in [-0.4, -0.2) is 22.2 Å². The van der Waals surface area contributed by atoms with Gasteiger partial charge in [-0.15, -0.1) is 11.3 Å². The largest absolute Gasteiger partial charge is 0.366 e. The summed E-state index contributed by atoms with van der Waals surface area (Å²) in [5, 5.41) is 2.05. The number of pyridine rings is 1. The average Bonchev–Trinajstić information content (AvgIpc) is 3.37. The van der Waals surface area contributed by atoms with Crippen LogP contribution in [0.15, 0.2) is 48.3 Å². The molecule has 2 aromatic heterocycles. The van der Waals surface area contributed by atoms with Crippen molar-refractivity contribution in [2.45, 2.75) is 86.2 Å². The molecule has 0 spiro atoms. The van der Waals surface area contributed by atoms with Crippen molar-refractivity contribution in [3.05, 3.63) is 68.8 Å². The van der Waals surface area contributed by atoms with Crippen LogP contribution in [0.4, 0.5) is 0 Å². The van der Waals surface area contributed by atoms with Crippen LogP contribution in [0.2, 0.25) is 0 Å². The number of aromatic nitrogens is 2. The molecular formula is C28H42N2OS. The second kappa shape index (κ2) is 14.2. The molecule has 0 N–H and O–H groups in total. The zero-order chi connectivity index (χ0) is 24.1. The van der Waals surface area contributed by atoms with Gasteiger partial charge < -0.3 is 4.74 Å². The minimum atomic E-state index is -0.170. The van der Waals surface area contributed by atoms with Gasteiger partial charge in [-0.1, -0.05) is 60.8 Å². The van der Waals surface area contributed by atoms with E-state index in [-0.39, 0.29) is 5.60 Å². The normalized spacial score (nSPS) is 19.7. The minimum Gasteiger partial charge on any atom is -0.366 e. The SMILES string of the molecule is C=C1COC(CC)(CCCc2nc(=C)/c(=C(\CC)c3ccncc3)s2)/C1=C/C.CC.CC. The molecule has 1 aliphatic heterocycles. The first-order chi connectivity index (χ1) is 15.5. The van der Waals surface area contributed by atoms with Crippen LogP contribution in [0.3, 0.4) is 0 Å². The second-order valence-electron chi connectivity index (χ2n) is 7.25. The highest BCUT2D eigenvalue weighted by Crippen LogP contribution is 2.41. The highest BCUT2D eigenvalue weighted by Gasteiger charge is 2.39. The summed E-state index contributed by atoms with van der Waals surface area (Å²) in [5.74, 6) is 0. The third-order valence-electron chi connectivity index (χ3n) is 5.62. The van der Waals surface area contributed by atoms with E-state index in [0.717, 1.165) is 48.0 Å². The monoisotopic (exact) mass is 454 g/mol. The molecule has 1 atom stereocenters. The Bertz CT molecular complexity index is 975. The molecule has 2 aromatic rings. The summed E-state index contributed by atoms with van der Waals surface area (Å²) in [4.78, 5) is 8.90. The first-order valence-corrected chi connectivity index (χ1v) is 12.9. The summed E-state index contributed by atoms with van der Waals surface area (Å²) in [6, 6.07) is 4.12. The van der Waals surface area contributed by atoms with Gasteiger partial charge in [-0.05, 0) is 73.4 Å². The molecule has 1 saturated heterocycles. The third-order valence-corrected chi connectivity index (χ3v) is 6.84. The number of allylic oxidation sites excluding steroid dienone is 1. The van der Waals surface area contributed by atoms with Gasteiger partial charge in [-0.3, -0.25) is 4.98 Å². The molecular weight excluding hydrogens is 412 g/mol. The summed E-state index contributed by atoms with van der Waals surface area (Å²) in [6.45, 7) is 23.5. The smallest absolute Gasteiger partial charge is 0.0938 e. The molecule has 0 saturated carbocycles. The van der Waals surface area contributed by atoms with Gasteiger partial charge in [0.05, 0.1) is 27.1 Å². The molecule has 0 aliphatic carbocycles. The number of ether oxygens (including phenoxy) is 1. The van der Waals surface area contributed by atoms with E-state index in [1.165, 1.54) is 21.2 Å². The highest BCUT2D eigenvalue weighted by molar-refractivity contribution is 7.09. The Morgan fingerprint density at radius 2 is 1.81 bits per heavy atom. The molecule has 1 aliphatic rings. The van der Waals surface area contributed by atoms with Gasteiger partial charge in [0.25, 0.3) is 0 Å². The summed E-state index contributed by atoms with van der Waals surface area (Å²) in [5.41, 5.74) is 4.75. The van der Waals surface area contributed by atoms with Crippen molar-refractivity contribution in [2.24, 2.45) is 0 Å². The van der Waals surface area contributed by atoms with Gasteiger partial charge in [0.15, 0.2) is 0 Å². The van der Waals surface area contributed by atoms with E-state index in [0.29, 0.717) is 6.61 Å². The molecule has 4 heteroatoms. The Hall–Kier alpha value is -2.04. The highest BCUT2D eigenvalue weighted by atomic mass is 32.1. The zero-order valence-corrected chi connectivity index (χ0v) is 22.1. The minimum absolute atomic E-state index is 0.170. The summed E-state index contributed by atoms with van der Waals surface area (Å²) >= 11 is 1.78. The van der Waals surface area contributed by atoms with E-state index in [1.54, 1.807) is 11.3 Å². The van der Waals surface area contributed by atoms with E-state index >= 15 is 0 Å². The van der Waals surface area contributed by atoms with Crippen molar-refractivity contribution in [1.82, 2.24) is 9.97 Å². The fourth-order valence-corrected chi connectivity index (χ4v) is 5.35. The summed E-state index contributed by atoms with van der Waals surface area (Å²) < 4.78 is 7.38. The van der Waals surface area contributed by atoms with Crippen LogP contribution in [0.25, 0.3) is 12.2 Å². The maximum atomic E-state index is 6.18. The lowest BCUT2D eigenvalue weighted by atomic mass is 9.84. The van der Waals surface area contributed by atoms with Crippen LogP contribution in [0, 0.1) is 0 Å². The molecule has 0 amide bonds. The number of hydrogen-bond acceptors (Lipinski definition) is 4. The predicted molar refractivity (Wildman–Crippen MR) is 141 cm³/mol. The van der Waals surface area contributed by atoms with Crippen LogP contribution in [0.5, 0.6) is 0 Å². The first-order valence-electron chi connectivity index (χ1n) is 12.1. The van der Waals surface area contributed by atoms with Crippen molar-refractivity contribution in [1.29, 1.82) is 0 Å². The number of hydrogen-bond donors (Lipinski definition) is 0. The maximum Gasteiger partial charge on any atom is 0.0938 e. The molecule has 3 rings (SSSR count). The van der Waals surface area contributed by atoms with Crippen LogP contribution >= 0.6 is 11.3 Å². The van der Waals surface area contributed by atoms with Crippen LogP contribution < -0.4 is 9.88 Å². The molecule has 0 bridgehead atoms. The van der Waals surface area contributed by atoms with E-state index in [1.807, 2.05) is 40.1 Å². The van der Waals surface area contributed by atoms with Crippen molar-refractivity contribution < 1.29 is 4.74 Å². The summed E-state index contributed by atoms with van der Waals surface area (Å²) in [7, 11) is 0. The molecule has 176 valence electrons. The third kappa shape index (κ3) is 6.49. The lowest BCUT2D eigenvalue weighted by Crippen LogP contribution is -2.29. The van der Waals surface area contributed by atoms with Crippen LogP contribution in [-0.2, 0) is 11.2 Å². The predicted octanol–water partition coefficient (Wildman–Crippen LogP) is 6.61. The Morgan fingerprint density at radius 3 is 2.38 bits per heavy atom. The molecule has 3 nitrogen and oxygen atoms in total. The standard InChI is InChI=1S/C24H30N2OS.2C2H6/c1-6-20(19-11-14-25-15-12-19)23-18(5)26-22(28-23)10-9-13-24(8-3)21(7-2)17(4)16-27-24;2*1-2/h7,11-12,14-15H,4-6,8-10,13,16H2,1-3H3;2*1-2H3/b21-7+,23-20-;;. The van der Waals surface area contributed by atoms with Crippen molar-refractivity contribution in [2.75, 3.05) is 6.61 Å². The van der Waals surface area contributed by atoms with E-state index in [2.05, 4.69) is 57.1 Å². The Morgan fingerprint density at radius 1 is 1.16 bits per heavy atom. The van der Waals surface area contributed by atoms with E-state index in [9.17, 15) is 0 Å². The fraction of sp³-hybridized carbons (Fsp3) is 0.500. The van der Waals surface area contributed by atoms with Gasteiger partial charge >= 0.3 is 0 Å². The van der Waals surface area contributed by atoms with Gasteiger partial charge in [-0.25, -0.2) is 4.98 Å². The molecule has 0 aromatic carbocycles. The Balaban J connectivity index is 0.00000121. The molecule has 1 unspecified atom stereocenters. The Kier molecular flexibility index (Phi) is 12.4. The molecule has 1 fully saturated rings. The van der Waals surface area contributed by atoms with Crippen molar-refractivity contribution in [3.8, 4) is 0 Å². The molecule has 32 heavy (non-hydrogen) atoms. The zero-order valence-electron chi connectivity index (χ0n) is 21.3.